The summed E-state index contributed by atoms with van der Waals surface area (Å²) in [4.78, 5) is 7.76. The Morgan fingerprint density at radius 1 is 1.10 bits per heavy atom. The van der Waals surface area contributed by atoms with E-state index < -0.39 is 0 Å². The Hall–Kier alpha value is -2.37. The molecule has 2 aromatic rings. The van der Waals surface area contributed by atoms with Crippen molar-refractivity contribution >= 4 is 5.71 Å². The van der Waals surface area contributed by atoms with Gasteiger partial charge in [-0.2, -0.15) is 0 Å². The highest BCUT2D eigenvalue weighted by Crippen LogP contribution is 2.40. The fraction of sp³-hybridized carbons (Fsp3) is 0.458. The Labute approximate surface area is 173 Å². The summed E-state index contributed by atoms with van der Waals surface area (Å²) in [5.41, 5.74) is 2.84. The number of likely N-dealkylation sites (tertiary alicyclic amines) is 1. The summed E-state index contributed by atoms with van der Waals surface area (Å²) in [6.07, 6.45) is 2.66. The van der Waals surface area contributed by atoms with Crippen molar-refractivity contribution < 1.29 is 9.84 Å². The molecule has 2 N–H and O–H groups in total. The Balaban J connectivity index is 1.70. The largest absolute Gasteiger partial charge is 0.504 e. The van der Waals surface area contributed by atoms with Gasteiger partial charge in [0.2, 0.25) is 0 Å². The number of piperidine rings is 1. The molecule has 2 heterocycles. The van der Waals surface area contributed by atoms with Crippen LogP contribution in [0.25, 0.3) is 0 Å². The van der Waals surface area contributed by atoms with Crippen LogP contribution < -0.4 is 10.1 Å². The lowest BCUT2D eigenvalue weighted by Crippen LogP contribution is -2.56. The third-order valence-corrected chi connectivity index (χ3v) is 6.28. The van der Waals surface area contributed by atoms with Crippen LogP contribution in [0.3, 0.4) is 0 Å². The number of methoxy groups -OCH3 is 1. The van der Waals surface area contributed by atoms with E-state index in [9.17, 15) is 5.11 Å². The first-order valence-corrected chi connectivity index (χ1v) is 10.5. The molecule has 154 valence electrons. The highest BCUT2D eigenvalue weighted by Gasteiger charge is 2.41. The maximum absolute atomic E-state index is 10.8. The van der Waals surface area contributed by atoms with Gasteiger partial charge in [0, 0.05) is 42.9 Å². The fourth-order valence-corrected chi connectivity index (χ4v) is 4.56. The summed E-state index contributed by atoms with van der Waals surface area (Å²) in [5, 5.41) is 14.6. The van der Waals surface area contributed by atoms with Crippen LogP contribution >= 0.6 is 0 Å². The Bertz CT molecular complexity index is 871. The van der Waals surface area contributed by atoms with Crippen molar-refractivity contribution in [2.45, 2.75) is 50.9 Å². The van der Waals surface area contributed by atoms with Gasteiger partial charge in [0.25, 0.3) is 0 Å². The summed E-state index contributed by atoms with van der Waals surface area (Å²) < 4.78 is 5.35. The van der Waals surface area contributed by atoms with E-state index in [-0.39, 0.29) is 17.5 Å². The Morgan fingerprint density at radius 3 is 2.48 bits per heavy atom. The van der Waals surface area contributed by atoms with Crippen LogP contribution in [0.5, 0.6) is 11.5 Å². The molecule has 2 aromatic carbocycles. The molecule has 2 aliphatic rings. The fourth-order valence-electron chi connectivity index (χ4n) is 4.56. The first-order chi connectivity index (χ1) is 14.0. The maximum Gasteiger partial charge on any atom is 0.162 e. The zero-order valence-electron chi connectivity index (χ0n) is 17.6. The number of aromatic hydroxyl groups is 1. The van der Waals surface area contributed by atoms with E-state index in [1.165, 1.54) is 0 Å². The second-order valence-corrected chi connectivity index (χ2v) is 8.38. The van der Waals surface area contributed by atoms with Gasteiger partial charge in [-0.1, -0.05) is 42.5 Å². The molecule has 0 aliphatic carbocycles. The molecule has 1 spiro atoms. The Kier molecular flexibility index (Phi) is 5.61. The molecule has 0 radical (unpaired) electrons. The quantitative estimate of drug-likeness (QED) is 0.820. The number of nitrogens with one attached hydrogen (secondary N) is 1. The number of nitrogens with zero attached hydrogens (tertiary/aromatic N) is 2. The highest BCUT2D eigenvalue weighted by atomic mass is 16.5. The van der Waals surface area contributed by atoms with Gasteiger partial charge < -0.3 is 14.7 Å². The number of para-hydroxylation sites is 1. The minimum atomic E-state index is -0.297. The van der Waals surface area contributed by atoms with Crippen LogP contribution in [0.2, 0.25) is 0 Å². The molecule has 0 aromatic heterocycles. The second kappa shape index (κ2) is 8.17. The average Bonchev–Trinajstić information content (AvgIpc) is 2.74. The van der Waals surface area contributed by atoms with Gasteiger partial charge in [-0.25, -0.2) is 0 Å². The lowest BCUT2D eigenvalue weighted by Gasteiger charge is -2.46. The summed E-state index contributed by atoms with van der Waals surface area (Å²) in [6, 6.07) is 16.7. The van der Waals surface area contributed by atoms with Crippen molar-refractivity contribution in [3.05, 3.63) is 59.7 Å². The lowest BCUT2D eigenvalue weighted by atomic mass is 9.87. The number of phenolic OH excluding ortho intramolecular Hbond substituents is 1. The third kappa shape index (κ3) is 4.02. The number of ether oxygens (including phenoxy) is 1. The van der Waals surface area contributed by atoms with E-state index in [1.807, 2.05) is 18.2 Å². The van der Waals surface area contributed by atoms with Crippen molar-refractivity contribution in [1.82, 2.24) is 10.2 Å². The number of phenols is 1. The van der Waals surface area contributed by atoms with Gasteiger partial charge in [-0.05, 0) is 38.3 Å². The smallest absolute Gasteiger partial charge is 0.162 e. The van der Waals surface area contributed by atoms with Crippen molar-refractivity contribution in [1.29, 1.82) is 0 Å². The molecule has 0 bridgehead atoms. The molecular formula is C24H31N3O2. The van der Waals surface area contributed by atoms with Crippen LogP contribution in [0.15, 0.2) is 53.5 Å². The van der Waals surface area contributed by atoms with E-state index in [4.69, 9.17) is 9.73 Å². The molecule has 5 nitrogen and oxygen atoms in total. The molecule has 1 atom stereocenters. The number of benzene rings is 2. The molecule has 4 rings (SSSR count). The van der Waals surface area contributed by atoms with Crippen molar-refractivity contribution in [2.75, 3.05) is 20.2 Å². The van der Waals surface area contributed by atoms with Crippen molar-refractivity contribution in [3.63, 3.8) is 0 Å². The van der Waals surface area contributed by atoms with Gasteiger partial charge in [-0.3, -0.25) is 10.3 Å². The third-order valence-electron chi connectivity index (χ3n) is 6.28. The molecular weight excluding hydrogens is 362 g/mol. The van der Waals surface area contributed by atoms with Crippen LogP contribution in [0.1, 0.15) is 50.3 Å². The van der Waals surface area contributed by atoms with Crippen LogP contribution in [-0.4, -0.2) is 47.6 Å². The minimum Gasteiger partial charge on any atom is -0.504 e. The summed E-state index contributed by atoms with van der Waals surface area (Å²) in [5.74, 6) is 0.730. The van der Waals surface area contributed by atoms with E-state index in [1.54, 1.807) is 13.2 Å². The first-order valence-electron chi connectivity index (χ1n) is 10.5. The second-order valence-electron chi connectivity index (χ2n) is 8.38. The summed E-state index contributed by atoms with van der Waals surface area (Å²) in [7, 11) is 1.59. The predicted octanol–water partition coefficient (Wildman–Crippen LogP) is 4.13. The van der Waals surface area contributed by atoms with Crippen LogP contribution in [0.4, 0.5) is 0 Å². The lowest BCUT2D eigenvalue weighted by molar-refractivity contribution is 0.103. The summed E-state index contributed by atoms with van der Waals surface area (Å²) >= 11 is 0. The van der Waals surface area contributed by atoms with Crippen LogP contribution in [0, 0.1) is 0 Å². The standard InChI is InChI=1S/C24H31N3O2/c1-17(2)27-14-12-24(13-15-27)25-20(18-8-5-4-6-9-18)16-21(26-24)19-10-7-11-22(29-3)23(19)28/h4-11,17,21,26,28H,12-16H2,1-3H3/t21-/m1/s1. The molecule has 0 saturated carbocycles. The molecule has 0 unspecified atom stereocenters. The highest BCUT2D eigenvalue weighted by molar-refractivity contribution is 6.01. The number of rotatable bonds is 4. The number of hydrogen-bond acceptors (Lipinski definition) is 5. The van der Waals surface area contributed by atoms with Gasteiger partial charge in [-0.15, -0.1) is 0 Å². The number of aliphatic imine (C=N–C) groups is 1. The normalized spacial score (nSPS) is 21.9. The van der Waals surface area contributed by atoms with Crippen LogP contribution in [-0.2, 0) is 0 Å². The Morgan fingerprint density at radius 2 is 1.83 bits per heavy atom. The molecule has 29 heavy (non-hydrogen) atoms. The predicted molar refractivity (Wildman–Crippen MR) is 117 cm³/mol. The number of hydrogen-bond donors (Lipinski definition) is 2. The van der Waals surface area contributed by atoms with Crippen molar-refractivity contribution in [2.24, 2.45) is 4.99 Å². The molecule has 0 amide bonds. The van der Waals surface area contributed by atoms with E-state index >= 15 is 0 Å². The van der Waals surface area contributed by atoms with Gasteiger partial charge in [0.1, 0.15) is 5.66 Å². The van der Waals surface area contributed by atoms with Gasteiger partial charge >= 0.3 is 0 Å². The monoisotopic (exact) mass is 393 g/mol. The molecule has 5 heteroatoms. The molecule has 2 aliphatic heterocycles. The summed E-state index contributed by atoms with van der Waals surface area (Å²) in [6.45, 7) is 6.55. The van der Waals surface area contributed by atoms with Gasteiger partial charge in [0.05, 0.1) is 7.11 Å². The minimum absolute atomic E-state index is 0.0107. The van der Waals surface area contributed by atoms with E-state index in [0.717, 1.165) is 49.2 Å². The average molecular weight is 394 g/mol. The zero-order valence-corrected chi connectivity index (χ0v) is 17.6. The van der Waals surface area contributed by atoms with Crippen molar-refractivity contribution in [3.8, 4) is 11.5 Å². The maximum atomic E-state index is 10.8. The zero-order chi connectivity index (χ0) is 20.4. The molecule has 1 saturated heterocycles. The topological polar surface area (TPSA) is 57.1 Å². The van der Waals surface area contributed by atoms with E-state index in [2.05, 4.69) is 48.3 Å². The first kappa shape index (κ1) is 19.9. The van der Waals surface area contributed by atoms with Gasteiger partial charge in [0.15, 0.2) is 11.5 Å². The molecule has 1 fully saturated rings. The SMILES string of the molecule is COc1cccc([C@H]2CC(c3ccccc3)=NC3(CCN(C(C)C)CC3)N2)c1O. The van der Waals surface area contributed by atoms with E-state index in [0.29, 0.717) is 11.8 Å².